The molecule has 5 heteroatoms. The number of carbonyl (C=O) groups excluding carboxylic acids is 1. The molecule has 1 unspecified atom stereocenters. The highest BCUT2D eigenvalue weighted by Crippen LogP contribution is 2.23. The lowest BCUT2D eigenvalue weighted by Crippen LogP contribution is -2.25. The van der Waals surface area contributed by atoms with Crippen LogP contribution in [-0.4, -0.2) is 30.9 Å². The third kappa shape index (κ3) is 4.23. The first-order valence-electron chi connectivity index (χ1n) is 7.78. The van der Waals surface area contributed by atoms with Crippen molar-refractivity contribution in [3.63, 3.8) is 0 Å². The number of halogens is 1. The molecule has 0 spiro atoms. The van der Waals surface area contributed by atoms with Gasteiger partial charge in [0.05, 0.1) is 6.61 Å². The SMILES string of the molecule is CC1(C)OCC(COc2ccc(C(=O)c3ccc(Br)cc3)cc2)O1. The van der Waals surface area contributed by atoms with Gasteiger partial charge in [-0.2, -0.15) is 0 Å². The summed E-state index contributed by atoms with van der Waals surface area (Å²) in [5, 5.41) is 0. The third-order valence-electron chi connectivity index (χ3n) is 3.73. The molecule has 1 saturated heterocycles. The van der Waals surface area contributed by atoms with Gasteiger partial charge in [-0.1, -0.05) is 15.9 Å². The number of benzene rings is 2. The third-order valence-corrected chi connectivity index (χ3v) is 4.25. The van der Waals surface area contributed by atoms with E-state index in [0.29, 0.717) is 30.1 Å². The Kier molecular flexibility index (Phi) is 5.04. The molecule has 1 heterocycles. The molecule has 3 rings (SSSR count). The van der Waals surface area contributed by atoms with Gasteiger partial charge in [0.1, 0.15) is 18.5 Å². The summed E-state index contributed by atoms with van der Waals surface area (Å²) in [6.07, 6.45) is -0.0796. The van der Waals surface area contributed by atoms with E-state index in [1.165, 1.54) is 0 Å². The standard InChI is InChI=1S/C19H19BrO4/c1-19(2)23-12-17(24-19)11-22-16-9-5-14(6-10-16)18(21)13-3-7-15(20)8-4-13/h3-10,17H,11-12H2,1-2H3. The number of carbonyl (C=O) groups is 1. The summed E-state index contributed by atoms with van der Waals surface area (Å²) in [7, 11) is 0. The Morgan fingerprint density at radius 2 is 1.71 bits per heavy atom. The molecular weight excluding hydrogens is 372 g/mol. The normalized spacial score (nSPS) is 19.2. The van der Waals surface area contributed by atoms with Crippen LogP contribution in [0, 0.1) is 0 Å². The van der Waals surface area contributed by atoms with Gasteiger partial charge in [0.2, 0.25) is 0 Å². The van der Waals surface area contributed by atoms with Crippen molar-refractivity contribution < 1.29 is 19.0 Å². The van der Waals surface area contributed by atoms with Gasteiger partial charge >= 0.3 is 0 Å². The molecule has 2 aromatic carbocycles. The molecule has 1 aliphatic rings. The fourth-order valence-corrected chi connectivity index (χ4v) is 2.77. The Morgan fingerprint density at radius 1 is 1.12 bits per heavy atom. The van der Waals surface area contributed by atoms with Crippen LogP contribution in [0.2, 0.25) is 0 Å². The Bertz CT molecular complexity index is 707. The molecule has 1 fully saturated rings. The van der Waals surface area contributed by atoms with Gasteiger partial charge < -0.3 is 14.2 Å². The van der Waals surface area contributed by atoms with Gasteiger partial charge in [-0.25, -0.2) is 0 Å². The summed E-state index contributed by atoms with van der Waals surface area (Å²) in [4.78, 5) is 12.4. The van der Waals surface area contributed by atoms with Crippen LogP contribution in [0.3, 0.4) is 0 Å². The first kappa shape index (κ1) is 17.1. The molecule has 0 radical (unpaired) electrons. The quantitative estimate of drug-likeness (QED) is 0.717. The van der Waals surface area contributed by atoms with Crippen LogP contribution in [0.5, 0.6) is 5.75 Å². The molecule has 24 heavy (non-hydrogen) atoms. The topological polar surface area (TPSA) is 44.8 Å². The smallest absolute Gasteiger partial charge is 0.193 e. The Labute approximate surface area is 149 Å². The molecule has 0 aromatic heterocycles. The van der Waals surface area contributed by atoms with Crippen molar-refractivity contribution in [1.29, 1.82) is 0 Å². The maximum absolute atomic E-state index is 12.4. The molecule has 1 aliphatic heterocycles. The minimum Gasteiger partial charge on any atom is -0.491 e. The van der Waals surface area contributed by atoms with E-state index in [4.69, 9.17) is 14.2 Å². The average molecular weight is 391 g/mol. The Morgan fingerprint density at radius 3 is 2.25 bits per heavy atom. The lowest BCUT2D eigenvalue weighted by atomic mass is 10.0. The maximum atomic E-state index is 12.4. The van der Waals surface area contributed by atoms with Gasteiger partial charge in [0.15, 0.2) is 11.6 Å². The molecule has 1 atom stereocenters. The minimum atomic E-state index is -0.547. The highest BCUT2D eigenvalue weighted by atomic mass is 79.9. The summed E-state index contributed by atoms with van der Waals surface area (Å²) in [5.41, 5.74) is 1.29. The van der Waals surface area contributed by atoms with E-state index in [9.17, 15) is 4.79 Å². The summed E-state index contributed by atoms with van der Waals surface area (Å²) >= 11 is 3.37. The van der Waals surface area contributed by atoms with Crippen molar-refractivity contribution >= 4 is 21.7 Å². The number of ketones is 1. The lowest BCUT2D eigenvalue weighted by molar-refractivity contribution is -0.141. The number of hydrogen-bond acceptors (Lipinski definition) is 4. The summed E-state index contributed by atoms with van der Waals surface area (Å²) < 4.78 is 17.9. The lowest BCUT2D eigenvalue weighted by Gasteiger charge is -2.17. The van der Waals surface area contributed by atoms with Gasteiger partial charge in [0, 0.05) is 15.6 Å². The van der Waals surface area contributed by atoms with Crippen molar-refractivity contribution in [2.45, 2.75) is 25.7 Å². The van der Waals surface area contributed by atoms with Gasteiger partial charge in [-0.3, -0.25) is 4.79 Å². The zero-order valence-corrected chi connectivity index (χ0v) is 15.2. The fourth-order valence-electron chi connectivity index (χ4n) is 2.50. The second kappa shape index (κ2) is 7.05. The molecule has 2 aromatic rings. The van der Waals surface area contributed by atoms with Crippen LogP contribution in [0.15, 0.2) is 53.0 Å². The van der Waals surface area contributed by atoms with E-state index in [-0.39, 0.29) is 11.9 Å². The monoisotopic (exact) mass is 390 g/mol. The van der Waals surface area contributed by atoms with Crippen LogP contribution in [0.1, 0.15) is 29.8 Å². The number of rotatable bonds is 5. The van der Waals surface area contributed by atoms with Crippen molar-refractivity contribution in [3.8, 4) is 5.75 Å². The maximum Gasteiger partial charge on any atom is 0.193 e. The average Bonchev–Trinajstić information content (AvgIpc) is 2.93. The van der Waals surface area contributed by atoms with Crippen LogP contribution in [0.25, 0.3) is 0 Å². The van der Waals surface area contributed by atoms with E-state index in [1.54, 1.807) is 36.4 Å². The number of ether oxygens (including phenoxy) is 3. The largest absolute Gasteiger partial charge is 0.491 e. The predicted molar refractivity (Wildman–Crippen MR) is 94.4 cm³/mol. The highest BCUT2D eigenvalue weighted by molar-refractivity contribution is 9.10. The molecular formula is C19H19BrO4. The fraction of sp³-hybridized carbons (Fsp3) is 0.316. The second-order valence-electron chi connectivity index (χ2n) is 6.12. The van der Waals surface area contributed by atoms with Crippen LogP contribution < -0.4 is 4.74 Å². The summed E-state index contributed by atoms with van der Waals surface area (Å²) in [5.74, 6) is 0.147. The van der Waals surface area contributed by atoms with Crippen LogP contribution >= 0.6 is 15.9 Å². The molecule has 4 nitrogen and oxygen atoms in total. The number of hydrogen-bond donors (Lipinski definition) is 0. The van der Waals surface area contributed by atoms with Crippen LogP contribution in [-0.2, 0) is 9.47 Å². The first-order chi connectivity index (χ1) is 11.4. The molecule has 0 N–H and O–H groups in total. The van der Waals surface area contributed by atoms with E-state index in [2.05, 4.69) is 15.9 Å². The molecule has 0 saturated carbocycles. The zero-order valence-electron chi connectivity index (χ0n) is 13.6. The van der Waals surface area contributed by atoms with Crippen molar-refractivity contribution in [1.82, 2.24) is 0 Å². The van der Waals surface area contributed by atoms with E-state index in [1.807, 2.05) is 26.0 Å². The van der Waals surface area contributed by atoms with E-state index in [0.717, 1.165) is 4.47 Å². The molecule has 0 bridgehead atoms. The zero-order chi connectivity index (χ0) is 17.2. The molecule has 0 amide bonds. The van der Waals surface area contributed by atoms with E-state index >= 15 is 0 Å². The van der Waals surface area contributed by atoms with Gasteiger partial charge in [-0.05, 0) is 62.4 Å². The van der Waals surface area contributed by atoms with Gasteiger partial charge in [0.25, 0.3) is 0 Å². The van der Waals surface area contributed by atoms with Crippen molar-refractivity contribution in [2.75, 3.05) is 13.2 Å². The first-order valence-corrected chi connectivity index (χ1v) is 8.57. The minimum absolute atomic E-state index is 0.0108. The van der Waals surface area contributed by atoms with Gasteiger partial charge in [-0.15, -0.1) is 0 Å². The summed E-state index contributed by atoms with van der Waals surface area (Å²) in [6.45, 7) is 4.71. The highest BCUT2D eigenvalue weighted by Gasteiger charge is 2.32. The molecule has 126 valence electrons. The van der Waals surface area contributed by atoms with Crippen molar-refractivity contribution in [3.05, 3.63) is 64.1 Å². The predicted octanol–water partition coefficient (Wildman–Crippen LogP) is 4.21. The van der Waals surface area contributed by atoms with Crippen molar-refractivity contribution in [2.24, 2.45) is 0 Å². The Balaban J connectivity index is 1.59. The summed E-state index contributed by atoms with van der Waals surface area (Å²) in [6, 6.07) is 14.5. The van der Waals surface area contributed by atoms with Crippen LogP contribution in [0.4, 0.5) is 0 Å². The second-order valence-corrected chi connectivity index (χ2v) is 7.04. The molecule has 0 aliphatic carbocycles. The van der Waals surface area contributed by atoms with E-state index < -0.39 is 5.79 Å². The Hall–Kier alpha value is -1.69.